The van der Waals surface area contributed by atoms with Crippen LogP contribution in [0.5, 0.6) is 5.75 Å². The van der Waals surface area contributed by atoms with Crippen LogP contribution in [0.15, 0.2) is 24.3 Å². The molecule has 1 fully saturated rings. The molecular weight excluding hydrogens is 327 g/mol. The van der Waals surface area contributed by atoms with E-state index in [0.29, 0.717) is 11.3 Å². The molecule has 1 saturated heterocycles. The Morgan fingerprint density at radius 3 is 2.50 bits per heavy atom. The lowest BCUT2D eigenvalue weighted by Gasteiger charge is -2.32. The molecule has 132 valence electrons. The van der Waals surface area contributed by atoms with E-state index >= 15 is 0 Å². The van der Waals surface area contributed by atoms with Gasteiger partial charge in [0.15, 0.2) is 6.61 Å². The number of halogens is 3. The van der Waals surface area contributed by atoms with Crippen molar-refractivity contribution in [3.05, 3.63) is 29.8 Å². The van der Waals surface area contributed by atoms with Gasteiger partial charge in [0, 0.05) is 13.1 Å². The van der Waals surface area contributed by atoms with Crippen molar-refractivity contribution < 1.29 is 32.6 Å². The van der Waals surface area contributed by atoms with Gasteiger partial charge in [0.1, 0.15) is 5.75 Å². The number of carbonyl (C=O) groups is 2. The minimum atomic E-state index is -4.21. The number of carboxylic acid groups (broad SMARTS) is 1. The fourth-order valence-electron chi connectivity index (χ4n) is 2.61. The zero-order chi connectivity index (χ0) is 17.7. The summed E-state index contributed by atoms with van der Waals surface area (Å²) < 4.78 is 43.1. The summed E-state index contributed by atoms with van der Waals surface area (Å²) >= 11 is 0. The number of alkyl halides is 3. The second kappa shape index (κ2) is 7.55. The van der Waals surface area contributed by atoms with Gasteiger partial charge in [-0.05, 0) is 30.5 Å². The molecule has 0 radical (unpaired) electrons. The van der Waals surface area contributed by atoms with Crippen molar-refractivity contribution in [3.63, 3.8) is 0 Å². The predicted molar refractivity (Wildman–Crippen MR) is 78.6 cm³/mol. The average Bonchev–Trinajstić information content (AvgIpc) is 2.51. The number of benzene rings is 1. The molecule has 0 unspecified atom stereocenters. The van der Waals surface area contributed by atoms with E-state index in [9.17, 15) is 22.8 Å². The smallest absolute Gasteiger partial charge is 0.391 e. The Hall–Kier alpha value is -2.25. The van der Waals surface area contributed by atoms with Crippen LogP contribution in [0.2, 0.25) is 0 Å². The number of hydrogen-bond donors (Lipinski definition) is 1. The molecule has 2 rings (SSSR count). The third-order valence-corrected chi connectivity index (χ3v) is 3.93. The van der Waals surface area contributed by atoms with Gasteiger partial charge in [0.2, 0.25) is 0 Å². The van der Waals surface area contributed by atoms with Gasteiger partial charge in [-0.2, -0.15) is 13.2 Å². The quantitative estimate of drug-likeness (QED) is 0.890. The van der Waals surface area contributed by atoms with E-state index in [1.54, 1.807) is 18.2 Å². The first-order valence-electron chi connectivity index (χ1n) is 7.53. The first-order chi connectivity index (χ1) is 11.3. The number of rotatable bonds is 5. The zero-order valence-corrected chi connectivity index (χ0v) is 12.9. The molecule has 0 aromatic heterocycles. The number of nitrogens with zero attached hydrogens (tertiary/aromatic N) is 1. The predicted octanol–water partition coefficient (Wildman–Crippen LogP) is 2.49. The molecule has 0 aliphatic carbocycles. The van der Waals surface area contributed by atoms with E-state index in [1.807, 2.05) is 0 Å². The van der Waals surface area contributed by atoms with Crippen LogP contribution in [-0.2, 0) is 16.0 Å². The lowest BCUT2D eigenvalue weighted by molar-refractivity contribution is -0.186. The lowest BCUT2D eigenvalue weighted by Crippen LogP contribution is -2.43. The molecule has 0 spiro atoms. The monoisotopic (exact) mass is 345 g/mol. The number of likely N-dealkylation sites (tertiary alicyclic amines) is 1. The van der Waals surface area contributed by atoms with Crippen molar-refractivity contribution in [1.82, 2.24) is 4.90 Å². The number of amides is 1. The number of piperidine rings is 1. The molecule has 24 heavy (non-hydrogen) atoms. The average molecular weight is 345 g/mol. The number of carboxylic acids is 1. The number of hydrogen-bond acceptors (Lipinski definition) is 3. The SMILES string of the molecule is O=C(O)Cc1cccc(OCC(=O)N2CCC(C(F)(F)F)CC2)c1. The number of aliphatic carboxylic acids is 1. The standard InChI is InChI=1S/C16H18F3NO4/c17-16(18,19)12-4-6-20(7-5-12)14(21)10-24-13-3-1-2-11(8-13)9-15(22)23/h1-3,8,12H,4-7,9-10H2,(H,22,23). The Morgan fingerprint density at radius 2 is 1.92 bits per heavy atom. The summed E-state index contributed by atoms with van der Waals surface area (Å²) in [5, 5.41) is 8.74. The molecule has 1 heterocycles. The van der Waals surface area contributed by atoms with Crippen molar-refractivity contribution in [1.29, 1.82) is 0 Å². The largest absolute Gasteiger partial charge is 0.484 e. The summed E-state index contributed by atoms with van der Waals surface area (Å²) in [4.78, 5) is 24.0. The van der Waals surface area contributed by atoms with Crippen molar-refractivity contribution >= 4 is 11.9 Å². The molecule has 1 N–H and O–H groups in total. The normalized spacial score (nSPS) is 16.0. The van der Waals surface area contributed by atoms with Crippen LogP contribution in [-0.4, -0.2) is 47.8 Å². The maximum Gasteiger partial charge on any atom is 0.391 e. The Bertz CT molecular complexity index is 595. The maximum atomic E-state index is 12.6. The summed E-state index contributed by atoms with van der Waals surface area (Å²) in [6, 6.07) is 6.36. The van der Waals surface area contributed by atoms with Crippen LogP contribution in [0, 0.1) is 5.92 Å². The Labute approximate surface area is 137 Å². The van der Waals surface area contributed by atoms with E-state index in [0.717, 1.165) is 0 Å². The van der Waals surface area contributed by atoms with E-state index in [4.69, 9.17) is 9.84 Å². The van der Waals surface area contributed by atoms with Crippen LogP contribution in [0.25, 0.3) is 0 Å². The topological polar surface area (TPSA) is 66.8 Å². The van der Waals surface area contributed by atoms with E-state index in [1.165, 1.54) is 11.0 Å². The molecule has 1 amide bonds. The first-order valence-corrected chi connectivity index (χ1v) is 7.53. The number of ether oxygens (including phenoxy) is 1. The molecule has 1 aliphatic heterocycles. The van der Waals surface area contributed by atoms with Crippen molar-refractivity contribution in [2.45, 2.75) is 25.4 Å². The van der Waals surface area contributed by atoms with E-state index < -0.39 is 18.1 Å². The van der Waals surface area contributed by atoms with Crippen molar-refractivity contribution in [2.75, 3.05) is 19.7 Å². The summed E-state index contributed by atoms with van der Waals surface area (Å²) in [5.74, 6) is -2.35. The van der Waals surface area contributed by atoms with Crippen molar-refractivity contribution in [3.8, 4) is 5.75 Å². The highest BCUT2D eigenvalue weighted by molar-refractivity contribution is 5.78. The minimum absolute atomic E-state index is 0.0609. The first kappa shape index (κ1) is 18.1. The summed E-state index contributed by atoms with van der Waals surface area (Å²) in [5.41, 5.74) is 0.540. The lowest BCUT2D eigenvalue weighted by atomic mass is 9.96. The Balaban J connectivity index is 1.83. The third kappa shape index (κ3) is 5.14. The van der Waals surface area contributed by atoms with Crippen LogP contribution in [0.3, 0.4) is 0 Å². The van der Waals surface area contributed by atoms with Gasteiger partial charge in [-0.3, -0.25) is 9.59 Å². The Morgan fingerprint density at radius 1 is 1.25 bits per heavy atom. The van der Waals surface area contributed by atoms with Gasteiger partial charge in [-0.25, -0.2) is 0 Å². The van der Waals surface area contributed by atoms with Crippen LogP contribution in [0.1, 0.15) is 18.4 Å². The van der Waals surface area contributed by atoms with Gasteiger partial charge >= 0.3 is 12.1 Å². The Kier molecular flexibility index (Phi) is 5.69. The molecule has 0 saturated carbocycles. The van der Waals surface area contributed by atoms with Gasteiger partial charge in [-0.15, -0.1) is 0 Å². The van der Waals surface area contributed by atoms with E-state index in [2.05, 4.69) is 0 Å². The second-order valence-electron chi connectivity index (χ2n) is 5.70. The fourth-order valence-corrected chi connectivity index (χ4v) is 2.61. The highest BCUT2D eigenvalue weighted by Gasteiger charge is 2.41. The molecule has 0 bridgehead atoms. The number of carbonyl (C=O) groups excluding carboxylic acids is 1. The second-order valence-corrected chi connectivity index (χ2v) is 5.70. The molecule has 1 aromatic rings. The van der Waals surface area contributed by atoms with Crippen LogP contribution in [0.4, 0.5) is 13.2 Å². The molecule has 1 aliphatic rings. The summed E-state index contributed by atoms with van der Waals surface area (Å²) in [6.07, 6.45) is -4.56. The molecule has 1 aromatic carbocycles. The zero-order valence-electron chi connectivity index (χ0n) is 12.9. The summed E-state index contributed by atoms with van der Waals surface area (Å²) in [7, 11) is 0. The van der Waals surface area contributed by atoms with Gasteiger partial charge in [0.05, 0.1) is 12.3 Å². The molecule has 8 heteroatoms. The van der Waals surface area contributed by atoms with Gasteiger partial charge in [0.25, 0.3) is 5.91 Å². The van der Waals surface area contributed by atoms with Crippen LogP contribution < -0.4 is 4.74 Å². The highest BCUT2D eigenvalue weighted by Crippen LogP contribution is 2.34. The molecular formula is C16H18F3NO4. The van der Waals surface area contributed by atoms with Gasteiger partial charge in [-0.1, -0.05) is 12.1 Å². The van der Waals surface area contributed by atoms with Crippen molar-refractivity contribution in [2.24, 2.45) is 5.92 Å². The third-order valence-electron chi connectivity index (χ3n) is 3.93. The molecule has 5 nitrogen and oxygen atoms in total. The maximum absolute atomic E-state index is 12.6. The minimum Gasteiger partial charge on any atom is -0.484 e. The fraction of sp³-hybridized carbons (Fsp3) is 0.500. The van der Waals surface area contributed by atoms with Gasteiger partial charge < -0.3 is 14.7 Å². The molecule has 0 atom stereocenters. The highest BCUT2D eigenvalue weighted by atomic mass is 19.4. The van der Waals surface area contributed by atoms with Crippen LogP contribution >= 0.6 is 0 Å². The van der Waals surface area contributed by atoms with E-state index in [-0.39, 0.29) is 44.9 Å². The summed E-state index contributed by atoms with van der Waals surface area (Å²) in [6.45, 7) is -0.163.